The molecule has 3 N–H and O–H groups in total. The lowest BCUT2D eigenvalue weighted by Gasteiger charge is -2.11. The van der Waals surface area contributed by atoms with Crippen LogP contribution in [0.2, 0.25) is 0 Å². The van der Waals surface area contributed by atoms with Gasteiger partial charge in [0.2, 0.25) is 5.91 Å². The number of nitrogens with one attached hydrogen (secondary N) is 1. The van der Waals surface area contributed by atoms with Crippen LogP contribution in [0.15, 0.2) is 24.3 Å². The molecule has 102 valence electrons. The third-order valence-electron chi connectivity index (χ3n) is 2.44. The standard InChI is InChI=1S/C13H16N2O4/c1-8(13(14)18)15-12(17)7-19-11-5-3-10(4-6-11)9(2)16/h3-6,8H,7H2,1-2H3,(H2,14,18)(H,15,17). The molecule has 1 aromatic carbocycles. The fourth-order valence-electron chi connectivity index (χ4n) is 1.29. The maximum absolute atomic E-state index is 11.4. The number of ether oxygens (including phenoxy) is 1. The van der Waals surface area contributed by atoms with Gasteiger partial charge in [0.1, 0.15) is 11.8 Å². The van der Waals surface area contributed by atoms with Gasteiger partial charge in [-0.2, -0.15) is 0 Å². The van der Waals surface area contributed by atoms with Crippen molar-refractivity contribution in [2.24, 2.45) is 5.73 Å². The van der Waals surface area contributed by atoms with Gasteiger partial charge in [0.05, 0.1) is 0 Å². The minimum atomic E-state index is -0.740. The average Bonchev–Trinajstić information content (AvgIpc) is 2.36. The van der Waals surface area contributed by atoms with Gasteiger partial charge >= 0.3 is 0 Å². The zero-order valence-electron chi connectivity index (χ0n) is 10.8. The van der Waals surface area contributed by atoms with Crippen molar-refractivity contribution in [2.75, 3.05) is 6.61 Å². The van der Waals surface area contributed by atoms with E-state index in [9.17, 15) is 14.4 Å². The number of carbonyl (C=O) groups is 3. The summed E-state index contributed by atoms with van der Waals surface area (Å²) in [6.07, 6.45) is 0. The third-order valence-corrected chi connectivity index (χ3v) is 2.44. The highest BCUT2D eigenvalue weighted by Gasteiger charge is 2.12. The number of hydrogen-bond donors (Lipinski definition) is 2. The van der Waals surface area contributed by atoms with E-state index >= 15 is 0 Å². The first kappa shape index (κ1) is 14.7. The van der Waals surface area contributed by atoms with Gasteiger partial charge in [0.25, 0.3) is 5.91 Å². The van der Waals surface area contributed by atoms with Crippen LogP contribution in [0.3, 0.4) is 0 Å². The summed E-state index contributed by atoms with van der Waals surface area (Å²) >= 11 is 0. The van der Waals surface area contributed by atoms with Crippen molar-refractivity contribution >= 4 is 17.6 Å². The van der Waals surface area contributed by atoms with Gasteiger partial charge < -0.3 is 15.8 Å². The predicted octanol–water partition coefficient (Wildman–Crippen LogP) is 0.258. The van der Waals surface area contributed by atoms with Crippen molar-refractivity contribution in [3.05, 3.63) is 29.8 Å². The summed E-state index contributed by atoms with van der Waals surface area (Å²) in [6, 6.07) is 5.68. The van der Waals surface area contributed by atoms with Crippen molar-refractivity contribution in [3.63, 3.8) is 0 Å². The molecule has 19 heavy (non-hydrogen) atoms. The molecule has 0 aliphatic heterocycles. The number of nitrogens with two attached hydrogens (primary N) is 1. The number of hydrogen-bond acceptors (Lipinski definition) is 4. The van der Waals surface area contributed by atoms with E-state index in [0.29, 0.717) is 11.3 Å². The molecule has 0 aliphatic rings. The maximum Gasteiger partial charge on any atom is 0.258 e. The molecule has 0 bridgehead atoms. The molecule has 6 nitrogen and oxygen atoms in total. The van der Waals surface area contributed by atoms with Crippen molar-refractivity contribution in [3.8, 4) is 5.75 Å². The second-order valence-corrected chi connectivity index (χ2v) is 4.06. The molecule has 6 heteroatoms. The Labute approximate surface area is 110 Å². The third kappa shape index (κ3) is 4.79. The van der Waals surface area contributed by atoms with Crippen LogP contribution < -0.4 is 15.8 Å². The molecule has 1 atom stereocenters. The Kier molecular flexibility index (Phi) is 5.05. The molecular weight excluding hydrogens is 248 g/mol. The molecule has 1 rings (SSSR count). The lowest BCUT2D eigenvalue weighted by atomic mass is 10.1. The molecular formula is C13H16N2O4. The quantitative estimate of drug-likeness (QED) is 0.720. The highest BCUT2D eigenvalue weighted by atomic mass is 16.5. The fourth-order valence-corrected chi connectivity index (χ4v) is 1.29. The monoisotopic (exact) mass is 264 g/mol. The van der Waals surface area contributed by atoms with Crippen LogP contribution in [0.5, 0.6) is 5.75 Å². The Morgan fingerprint density at radius 3 is 2.32 bits per heavy atom. The van der Waals surface area contributed by atoms with Crippen LogP contribution in [-0.4, -0.2) is 30.2 Å². The number of Topliss-reactive ketones (excluding diaryl/α,β-unsaturated/α-hetero) is 1. The Bertz CT molecular complexity index is 482. The largest absolute Gasteiger partial charge is 0.484 e. The topological polar surface area (TPSA) is 98.5 Å². The lowest BCUT2D eigenvalue weighted by Crippen LogP contribution is -2.44. The highest BCUT2D eigenvalue weighted by molar-refractivity contribution is 5.94. The molecule has 2 amide bonds. The summed E-state index contributed by atoms with van der Waals surface area (Å²) in [5.74, 6) is -0.632. The van der Waals surface area contributed by atoms with Crippen molar-refractivity contribution in [1.29, 1.82) is 0 Å². The summed E-state index contributed by atoms with van der Waals surface area (Å²) < 4.78 is 5.21. The first-order valence-electron chi connectivity index (χ1n) is 5.72. The summed E-state index contributed by atoms with van der Waals surface area (Å²) in [7, 11) is 0. The van der Waals surface area contributed by atoms with Crippen LogP contribution in [-0.2, 0) is 9.59 Å². The van der Waals surface area contributed by atoms with Gasteiger partial charge in [-0.1, -0.05) is 0 Å². The molecule has 0 aromatic heterocycles. The molecule has 0 spiro atoms. The zero-order chi connectivity index (χ0) is 14.4. The smallest absolute Gasteiger partial charge is 0.258 e. The van der Waals surface area contributed by atoms with Crippen molar-refractivity contribution < 1.29 is 19.1 Å². The first-order valence-corrected chi connectivity index (χ1v) is 5.72. The van der Waals surface area contributed by atoms with E-state index in [4.69, 9.17) is 10.5 Å². The number of benzene rings is 1. The van der Waals surface area contributed by atoms with E-state index in [1.54, 1.807) is 24.3 Å². The molecule has 0 saturated heterocycles. The van der Waals surface area contributed by atoms with Crippen molar-refractivity contribution in [2.45, 2.75) is 19.9 Å². The van der Waals surface area contributed by atoms with Crippen LogP contribution in [0.1, 0.15) is 24.2 Å². The van der Waals surface area contributed by atoms with E-state index in [0.717, 1.165) is 0 Å². The van der Waals surface area contributed by atoms with Gasteiger partial charge in [-0.25, -0.2) is 0 Å². The summed E-state index contributed by atoms with van der Waals surface area (Å²) in [5, 5.41) is 2.39. The second-order valence-electron chi connectivity index (χ2n) is 4.06. The Balaban J connectivity index is 2.46. The number of ketones is 1. The fraction of sp³-hybridized carbons (Fsp3) is 0.308. The summed E-state index contributed by atoms with van der Waals surface area (Å²) in [6.45, 7) is 2.73. The SMILES string of the molecule is CC(=O)c1ccc(OCC(=O)NC(C)C(N)=O)cc1. The van der Waals surface area contributed by atoms with Crippen LogP contribution in [0, 0.1) is 0 Å². The van der Waals surface area contributed by atoms with Gasteiger partial charge in [0.15, 0.2) is 12.4 Å². The highest BCUT2D eigenvalue weighted by Crippen LogP contribution is 2.12. The minimum Gasteiger partial charge on any atom is -0.484 e. The van der Waals surface area contributed by atoms with Gasteiger partial charge in [-0.05, 0) is 38.1 Å². The molecule has 0 saturated carbocycles. The molecule has 0 radical (unpaired) electrons. The van der Waals surface area contributed by atoms with Gasteiger partial charge in [-0.3, -0.25) is 14.4 Å². The predicted molar refractivity (Wildman–Crippen MR) is 68.7 cm³/mol. The van der Waals surface area contributed by atoms with E-state index in [1.165, 1.54) is 13.8 Å². The summed E-state index contributed by atoms with van der Waals surface area (Å²) in [4.78, 5) is 33.2. The molecule has 1 aromatic rings. The van der Waals surface area contributed by atoms with E-state index in [-0.39, 0.29) is 12.4 Å². The second kappa shape index (κ2) is 6.53. The number of rotatable bonds is 6. The Hall–Kier alpha value is -2.37. The van der Waals surface area contributed by atoms with E-state index in [2.05, 4.69) is 5.32 Å². The van der Waals surface area contributed by atoms with Crippen molar-refractivity contribution in [1.82, 2.24) is 5.32 Å². The molecule has 0 aliphatic carbocycles. The van der Waals surface area contributed by atoms with Crippen LogP contribution >= 0.6 is 0 Å². The Morgan fingerprint density at radius 1 is 1.26 bits per heavy atom. The molecule has 0 fully saturated rings. The molecule has 1 unspecified atom stereocenters. The van der Waals surface area contributed by atoms with Crippen LogP contribution in [0.4, 0.5) is 0 Å². The minimum absolute atomic E-state index is 0.0421. The van der Waals surface area contributed by atoms with Gasteiger partial charge in [0, 0.05) is 5.56 Å². The summed E-state index contributed by atoms with van der Waals surface area (Å²) in [5.41, 5.74) is 5.58. The van der Waals surface area contributed by atoms with Crippen LogP contribution in [0.25, 0.3) is 0 Å². The Morgan fingerprint density at radius 2 is 1.84 bits per heavy atom. The van der Waals surface area contributed by atoms with Gasteiger partial charge in [-0.15, -0.1) is 0 Å². The number of carbonyl (C=O) groups excluding carboxylic acids is 3. The first-order chi connectivity index (χ1) is 8.90. The molecule has 0 heterocycles. The normalized spacial score (nSPS) is 11.5. The van der Waals surface area contributed by atoms with E-state index < -0.39 is 17.9 Å². The maximum atomic E-state index is 11.4. The number of primary amides is 1. The van der Waals surface area contributed by atoms with E-state index in [1.807, 2.05) is 0 Å². The average molecular weight is 264 g/mol. The number of amides is 2. The zero-order valence-corrected chi connectivity index (χ0v) is 10.8. The lowest BCUT2D eigenvalue weighted by molar-refractivity contribution is -0.128.